The lowest BCUT2D eigenvalue weighted by atomic mass is 10.2. The molecule has 0 aliphatic carbocycles. The van der Waals surface area contributed by atoms with Crippen molar-refractivity contribution in [2.45, 2.75) is 25.6 Å². The van der Waals surface area contributed by atoms with E-state index in [0.29, 0.717) is 12.2 Å². The van der Waals surface area contributed by atoms with Gasteiger partial charge < -0.3 is 14.2 Å². The lowest BCUT2D eigenvalue weighted by molar-refractivity contribution is -0.176. The Kier molecular flexibility index (Phi) is 10.4. The summed E-state index contributed by atoms with van der Waals surface area (Å²) in [5.41, 5.74) is 0. The smallest absolute Gasteiger partial charge is 0.348 e. The zero-order chi connectivity index (χ0) is 15.5. The van der Waals surface area contributed by atoms with Crippen LogP contribution in [-0.2, 0) is 28.6 Å². The van der Waals surface area contributed by atoms with Crippen LogP contribution >= 0.6 is 23.5 Å². The number of esters is 3. The molecule has 0 N–H and O–H groups in total. The number of hydrogen-bond acceptors (Lipinski definition) is 8. The maximum Gasteiger partial charge on any atom is 0.348 e. The van der Waals surface area contributed by atoms with Crippen LogP contribution in [0.15, 0.2) is 0 Å². The highest BCUT2D eigenvalue weighted by Crippen LogP contribution is 2.11. The molecule has 0 saturated carbocycles. The summed E-state index contributed by atoms with van der Waals surface area (Å²) in [6.45, 7) is 1.22. The van der Waals surface area contributed by atoms with E-state index < -0.39 is 30.1 Å². The van der Waals surface area contributed by atoms with Crippen LogP contribution in [0.4, 0.5) is 0 Å². The highest BCUT2D eigenvalue weighted by molar-refractivity contribution is 7.98. The van der Waals surface area contributed by atoms with E-state index in [-0.39, 0.29) is 5.75 Å². The van der Waals surface area contributed by atoms with Crippen molar-refractivity contribution in [1.82, 2.24) is 0 Å². The number of hydrogen-bond donors (Lipinski definition) is 0. The second kappa shape index (κ2) is 10.8. The minimum absolute atomic E-state index is 0.285. The third-order valence-corrected chi connectivity index (χ3v) is 3.48. The number of ether oxygens (including phenoxy) is 3. The second-order valence-electron chi connectivity index (χ2n) is 3.78. The molecule has 0 aliphatic heterocycles. The van der Waals surface area contributed by atoms with Crippen molar-refractivity contribution < 1.29 is 28.6 Å². The molecule has 0 amide bonds. The van der Waals surface area contributed by atoms with Gasteiger partial charge in [-0.05, 0) is 18.3 Å². The fourth-order valence-corrected chi connectivity index (χ4v) is 2.26. The van der Waals surface area contributed by atoms with Gasteiger partial charge in [0.15, 0.2) is 6.10 Å². The molecule has 20 heavy (non-hydrogen) atoms. The largest absolute Gasteiger partial charge is 0.466 e. The number of rotatable bonds is 9. The monoisotopic (exact) mass is 324 g/mol. The van der Waals surface area contributed by atoms with E-state index >= 15 is 0 Å². The van der Waals surface area contributed by atoms with Gasteiger partial charge in [0.2, 0.25) is 6.10 Å². The standard InChI is InChI=1S/C12H20O6S2/c1-8(13)17-9(5-6-19-3)12(15)18-10(7-20-4)11(14)16-2/h9-10H,5-7H2,1-4H3. The third kappa shape index (κ3) is 7.64. The van der Waals surface area contributed by atoms with Crippen molar-refractivity contribution in [3.63, 3.8) is 0 Å². The summed E-state index contributed by atoms with van der Waals surface area (Å²) >= 11 is 2.87. The van der Waals surface area contributed by atoms with Gasteiger partial charge in [0.05, 0.1) is 7.11 Å². The van der Waals surface area contributed by atoms with Gasteiger partial charge >= 0.3 is 17.9 Å². The molecule has 0 fully saturated rings. The van der Waals surface area contributed by atoms with E-state index in [9.17, 15) is 14.4 Å². The van der Waals surface area contributed by atoms with Gasteiger partial charge in [-0.1, -0.05) is 0 Å². The van der Waals surface area contributed by atoms with Crippen LogP contribution in [0, 0.1) is 0 Å². The van der Waals surface area contributed by atoms with Crippen LogP contribution in [0.2, 0.25) is 0 Å². The summed E-state index contributed by atoms with van der Waals surface area (Å²) in [6.07, 6.45) is 2.01. The summed E-state index contributed by atoms with van der Waals surface area (Å²) in [4.78, 5) is 34.4. The van der Waals surface area contributed by atoms with Gasteiger partial charge in [0.25, 0.3) is 0 Å². The molecule has 0 saturated heterocycles. The van der Waals surface area contributed by atoms with Gasteiger partial charge in [0, 0.05) is 19.1 Å². The SMILES string of the molecule is COC(=O)C(CSC)OC(=O)C(CCSC)OC(C)=O. The molecule has 0 heterocycles. The average Bonchev–Trinajstić information content (AvgIpc) is 2.41. The van der Waals surface area contributed by atoms with Gasteiger partial charge in [-0.15, -0.1) is 0 Å². The van der Waals surface area contributed by atoms with E-state index in [1.165, 1.54) is 37.6 Å². The molecule has 6 nitrogen and oxygen atoms in total. The Balaban J connectivity index is 4.67. The van der Waals surface area contributed by atoms with Gasteiger partial charge in [-0.3, -0.25) is 4.79 Å². The highest BCUT2D eigenvalue weighted by Gasteiger charge is 2.29. The van der Waals surface area contributed by atoms with Gasteiger partial charge in [-0.2, -0.15) is 23.5 Å². The van der Waals surface area contributed by atoms with Crippen molar-refractivity contribution in [2.24, 2.45) is 0 Å². The van der Waals surface area contributed by atoms with E-state index in [0.717, 1.165) is 0 Å². The molecule has 2 unspecified atom stereocenters. The molecule has 8 heteroatoms. The minimum atomic E-state index is -0.992. The first-order valence-corrected chi connectivity index (χ1v) is 8.68. The zero-order valence-electron chi connectivity index (χ0n) is 12.0. The average molecular weight is 324 g/mol. The summed E-state index contributed by atoms with van der Waals surface area (Å²) in [6, 6.07) is 0. The normalized spacial score (nSPS) is 13.2. The predicted octanol–water partition coefficient (Wildman–Crippen LogP) is 1.12. The summed E-state index contributed by atoms with van der Waals surface area (Å²) in [5.74, 6) is -0.989. The Labute approximate surface area is 127 Å². The number of carbonyl (C=O) groups excluding carboxylic acids is 3. The summed E-state index contributed by atoms with van der Waals surface area (Å²) in [7, 11) is 1.22. The van der Waals surface area contributed by atoms with Gasteiger partial charge in [-0.25, -0.2) is 9.59 Å². The first-order valence-electron chi connectivity index (χ1n) is 5.89. The molecule has 0 aromatic heterocycles. The molecule has 0 radical (unpaired) electrons. The van der Waals surface area contributed by atoms with E-state index in [2.05, 4.69) is 4.74 Å². The van der Waals surface area contributed by atoms with E-state index in [1.54, 1.807) is 6.26 Å². The van der Waals surface area contributed by atoms with Gasteiger partial charge in [0.1, 0.15) is 0 Å². The first kappa shape index (κ1) is 19.1. The second-order valence-corrected chi connectivity index (χ2v) is 5.68. The molecular formula is C12H20O6S2. The molecule has 0 aromatic rings. The highest BCUT2D eigenvalue weighted by atomic mass is 32.2. The Morgan fingerprint density at radius 3 is 2.10 bits per heavy atom. The third-order valence-electron chi connectivity index (χ3n) is 2.20. The van der Waals surface area contributed by atoms with Crippen molar-refractivity contribution in [1.29, 1.82) is 0 Å². The van der Waals surface area contributed by atoms with Crippen molar-refractivity contribution in [3.8, 4) is 0 Å². The Morgan fingerprint density at radius 2 is 1.65 bits per heavy atom. The summed E-state index contributed by atoms with van der Waals surface area (Å²) < 4.78 is 14.6. The fraction of sp³-hybridized carbons (Fsp3) is 0.750. The Morgan fingerprint density at radius 1 is 1.00 bits per heavy atom. The molecular weight excluding hydrogens is 304 g/mol. The predicted molar refractivity (Wildman–Crippen MR) is 78.8 cm³/mol. The lowest BCUT2D eigenvalue weighted by Gasteiger charge is -2.19. The molecule has 0 spiro atoms. The van der Waals surface area contributed by atoms with Crippen molar-refractivity contribution >= 4 is 41.4 Å². The summed E-state index contributed by atoms with van der Waals surface area (Å²) in [5, 5.41) is 0. The molecule has 0 aromatic carbocycles. The van der Waals surface area contributed by atoms with E-state index in [1.807, 2.05) is 6.26 Å². The Bertz CT molecular complexity index is 334. The van der Waals surface area contributed by atoms with Crippen LogP contribution < -0.4 is 0 Å². The molecule has 116 valence electrons. The minimum Gasteiger partial charge on any atom is -0.466 e. The number of thioether (sulfide) groups is 2. The van der Waals surface area contributed by atoms with Crippen LogP contribution in [0.1, 0.15) is 13.3 Å². The number of methoxy groups -OCH3 is 1. The van der Waals surface area contributed by atoms with Crippen LogP contribution in [0.5, 0.6) is 0 Å². The fourth-order valence-electron chi connectivity index (χ4n) is 1.30. The quantitative estimate of drug-likeness (QED) is 0.461. The molecule has 0 aliphatic rings. The first-order chi connectivity index (χ1) is 9.46. The van der Waals surface area contributed by atoms with Crippen molar-refractivity contribution in [2.75, 3.05) is 31.1 Å². The zero-order valence-corrected chi connectivity index (χ0v) is 13.7. The maximum absolute atomic E-state index is 12.0. The van der Waals surface area contributed by atoms with E-state index in [4.69, 9.17) is 9.47 Å². The van der Waals surface area contributed by atoms with Crippen molar-refractivity contribution in [3.05, 3.63) is 0 Å². The Hall–Kier alpha value is -0.890. The lowest BCUT2D eigenvalue weighted by Crippen LogP contribution is -2.37. The molecule has 2 atom stereocenters. The van der Waals surface area contributed by atoms with Crippen LogP contribution in [-0.4, -0.2) is 61.2 Å². The van der Waals surface area contributed by atoms with Crippen LogP contribution in [0.25, 0.3) is 0 Å². The van der Waals surface area contributed by atoms with Crippen LogP contribution in [0.3, 0.4) is 0 Å². The number of carbonyl (C=O) groups is 3. The molecule has 0 rings (SSSR count). The topological polar surface area (TPSA) is 78.9 Å². The molecule has 0 bridgehead atoms. The maximum atomic E-state index is 12.0.